The largest absolute Gasteiger partial charge is 0.279 e. The number of nitrogens with zero attached hydrogens (tertiary/aromatic N) is 4. The molecule has 1 saturated carbocycles. The Hall–Kier alpha value is -3.46. The monoisotopic (exact) mass is 420 g/mol. The van der Waals surface area contributed by atoms with E-state index in [4.69, 9.17) is 0 Å². The number of nitrogens with one attached hydrogen (secondary N) is 2. The zero-order chi connectivity index (χ0) is 20.7. The Morgan fingerprint density at radius 2 is 1.87 bits per heavy atom. The lowest BCUT2D eigenvalue weighted by molar-refractivity contribution is 0.600. The van der Waals surface area contributed by atoms with Crippen LogP contribution >= 0.6 is 0 Å². The highest BCUT2D eigenvalue weighted by Crippen LogP contribution is 2.45. The maximum Gasteiger partial charge on any atom is 0.266 e. The standard InChI is InChI=1S/C21H20N6O2S/c1-14-17(13-23-27(14)18-9-5-6-12-22-18)30(28,29)26-21-19(15-7-3-2-4-8-15)20(24-25-21)16-10-11-16/h2-9,12-13,16H,10-11H2,1H3,(H2,24,25,26). The van der Waals surface area contributed by atoms with Crippen molar-refractivity contribution in [2.45, 2.75) is 30.6 Å². The number of hydrogen-bond donors (Lipinski definition) is 2. The van der Waals surface area contributed by atoms with Crippen LogP contribution in [0, 0.1) is 6.92 Å². The minimum Gasteiger partial charge on any atom is -0.279 e. The number of hydrogen-bond acceptors (Lipinski definition) is 5. The molecule has 1 fully saturated rings. The first kappa shape index (κ1) is 18.6. The fourth-order valence-electron chi connectivity index (χ4n) is 3.54. The summed E-state index contributed by atoms with van der Waals surface area (Å²) in [6.07, 6.45) is 5.12. The van der Waals surface area contributed by atoms with Crippen LogP contribution in [0.4, 0.5) is 5.82 Å². The lowest BCUT2D eigenvalue weighted by atomic mass is 10.0. The number of aromatic nitrogens is 5. The highest BCUT2D eigenvalue weighted by atomic mass is 32.2. The molecule has 0 unspecified atom stereocenters. The molecule has 1 aromatic carbocycles. The van der Waals surface area contributed by atoms with Crippen molar-refractivity contribution in [3.8, 4) is 16.9 Å². The molecule has 0 saturated heterocycles. The van der Waals surface area contributed by atoms with Crippen LogP contribution < -0.4 is 4.72 Å². The number of benzene rings is 1. The molecule has 8 nitrogen and oxygen atoms in total. The third kappa shape index (κ3) is 3.26. The van der Waals surface area contributed by atoms with Crippen LogP contribution in [0.25, 0.3) is 16.9 Å². The number of rotatable bonds is 6. The van der Waals surface area contributed by atoms with Crippen molar-refractivity contribution in [3.05, 3.63) is 72.3 Å². The fraction of sp³-hybridized carbons (Fsp3) is 0.190. The van der Waals surface area contributed by atoms with Gasteiger partial charge in [0.25, 0.3) is 10.0 Å². The Morgan fingerprint density at radius 1 is 1.10 bits per heavy atom. The SMILES string of the molecule is Cc1c(S(=O)(=O)Nc2n[nH]c(C3CC3)c2-c2ccccc2)cnn1-c1ccccn1. The predicted molar refractivity (Wildman–Crippen MR) is 113 cm³/mol. The van der Waals surface area contributed by atoms with Crippen LogP contribution in [0.15, 0.2) is 65.8 Å². The van der Waals surface area contributed by atoms with Gasteiger partial charge >= 0.3 is 0 Å². The Kier molecular flexibility index (Phi) is 4.39. The molecule has 5 rings (SSSR count). The lowest BCUT2D eigenvalue weighted by Crippen LogP contribution is -2.15. The zero-order valence-corrected chi connectivity index (χ0v) is 17.1. The molecule has 0 spiro atoms. The van der Waals surface area contributed by atoms with Gasteiger partial charge in [-0.2, -0.15) is 10.2 Å². The molecule has 3 aromatic heterocycles. The molecule has 30 heavy (non-hydrogen) atoms. The van der Waals surface area contributed by atoms with E-state index in [9.17, 15) is 8.42 Å². The van der Waals surface area contributed by atoms with E-state index in [0.29, 0.717) is 23.2 Å². The van der Waals surface area contributed by atoms with Crippen molar-refractivity contribution in [1.82, 2.24) is 25.0 Å². The minimum absolute atomic E-state index is 0.0862. The van der Waals surface area contributed by atoms with Crippen LogP contribution in [-0.4, -0.2) is 33.4 Å². The van der Waals surface area contributed by atoms with E-state index < -0.39 is 10.0 Å². The van der Waals surface area contributed by atoms with Gasteiger partial charge in [0.05, 0.1) is 11.9 Å². The van der Waals surface area contributed by atoms with Gasteiger partial charge in [0, 0.05) is 23.4 Å². The summed E-state index contributed by atoms with van der Waals surface area (Å²) in [6.45, 7) is 1.70. The van der Waals surface area contributed by atoms with Gasteiger partial charge in [0.1, 0.15) is 4.90 Å². The lowest BCUT2D eigenvalue weighted by Gasteiger charge is -2.09. The molecule has 1 aliphatic carbocycles. The van der Waals surface area contributed by atoms with Gasteiger partial charge < -0.3 is 0 Å². The molecule has 2 N–H and O–H groups in total. The number of H-pyrrole nitrogens is 1. The second-order valence-electron chi connectivity index (χ2n) is 7.30. The Balaban J connectivity index is 1.53. The Labute approximate surface area is 174 Å². The molecule has 1 aliphatic rings. The molecule has 9 heteroatoms. The molecule has 0 aliphatic heterocycles. The quantitative estimate of drug-likeness (QED) is 0.495. The molecule has 4 aromatic rings. The Bertz CT molecular complexity index is 1290. The van der Waals surface area contributed by atoms with Gasteiger partial charge in [0.2, 0.25) is 0 Å². The van der Waals surface area contributed by atoms with Gasteiger partial charge in [-0.05, 0) is 37.5 Å². The molecule has 3 heterocycles. The molecule has 0 bridgehead atoms. The average molecular weight is 420 g/mol. The summed E-state index contributed by atoms with van der Waals surface area (Å²) in [6, 6.07) is 15.1. The first-order valence-corrected chi connectivity index (χ1v) is 11.2. The summed E-state index contributed by atoms with van der Waals surface area (Å²) in [4.78, 5) is 4.33. The van der Waals surface area contributed by atoms with Gasteiger partial charge in [-0.25, -0.2) is 18.1 Å². The normalized spacial score (nSPS) is 14.0. The smallest absolute Gasteiger partial charge is 0.266 e. The number of aromatic amines is 1. The summed E-state index contributed by atoms with van der Waals surface area (Å²) in [7, 11) is -3.90. The van der Waals surface area contributed by atoms with Crippen LogP contribution in [-0.2, 0) is 10.0 Å². The molecule has 152 valence electrons. The summed E-state index contributed by atoms with van der Waals surface area (Å²) in [5.41, 5.74) is 3.17. The number of sulfonamides is 1. The van der Waals surface area contributed by atoms with Crippen LogP contribution in [0.1, 0.15) is 30.1 Å². The van der Waals surface area contributed by atoms with Crippen molar-refractivity contribution < 1.29 is 8.42 Å². The van der Waals surface area contributed by atoms with Crippen molar-refractivity contribution in [1.29, 1.82) is 0 Å². The molecule has 0 radical (unpaired) electrons. The summed E-state index contributed by atoms with van der Waals surface area (Å²) in [5.74, 6) is 1.24. The number of anilines is 1. The van der Waals surface area contributed by atoms with E-state index in [1.807, 2.05) is 36.4 Å². The van der Waals surface area contributed by atoms with Crippen LogP contribution in [0.5, 0.6) is 0 Å². The highest BCUT2D eigenvalue weighted by molar-refractivity contribution is 7.92. The summed E-state index contributed by atoms with van der Waals surface area (Å²) in [5, 5.41) is 11.6. The first-order valence-electron chi connectivity index (χ1n) is 9.67. The first-order chi connectivity index (χ1) is 14.5. The zero-order valence-electron chi connectivity index (χ0n) is 16.3. The van der Waals surface area contributed by atoms with E-state index in [1.165, 1.54) is 10.9 Å². The number of pyridine rings is 1. The van der Waals surface area contributed by atoms with Gasteiger partial charge in [-0.3, -0.25) is 9.82 Å². The third-order valence-electron chi connectivity index (χ3n) is 5.19. The average Bonchev–Trinajstić information content (AvgIpc) is 3.40. The maximum absolute atomic E-state index is 13.2. The van der Waals surface area contributed by atoms with Crippen LogP contribution in [0.2, 0.25) is 0 Å². The highest BCUT2D eigenvalue weighted by Gasteiger charge is 2.32. The van der Waals surface area contributed by atoms with Crippen molar-refractivity contribution >= 4 is 15.8 Å². The minimum atomic E-state index is -3.90. The van der Waals surface area contributed by atoms with Crippen molar-refractivity contribution in [2.75, 3.05) is 4.72 Å². The van der Waals surface area contributed by atoms with Gasteiger partial charge in [-0.1, -0.05) is 36.4 Å². The third-order valence-corrected chi connectivity index (χ3v) is 6.64. The van der Waals surface area contributed by atoms with E-state index >= 15 is 0 Å². The molecule has 0 amide bonds. The summed E-state index contributed by atoms with van der Waals surface area (Å²) >= 11 is 0. The fourth-order valence-corrected chi connectivity index (χ4v) is 4.72. The molecule has 0 atom stereocenters. The second-order valence-corrected chi connectivity index (χ2v) is 8.95. The van der Waals surface area contributed by atoms with E-state index in [1.54, 1.807) is 25.3 Å². The van der Waals surface area contributed by atoms with Crippen molar-refractivity contribution in [3.63, 3.8) is 0 Å². The molecular weight excluding hydrogens is 400 g/mol. The second kappa shape index (κ2) is 7.10. The Morgan fingerprint density at radius 3 is 2.57 bits per heavy atom. The van der Waals surface area contributed by atoms with E-state index in [2.05, 4.69) is 25.0 Å². The van der Waals surface area contributed by atoms with E-state index in [0.717, 1.165) is 29.7 Å². The van der Waals surface area contributed by atoms with Crippen LogP contribution in [0.3, 0.4) is 0 Å². The maximum atomic E-state index is 13.2. The predicted octanol–water partition coefficient (Wildman–Crippen LogP) is 3.64. The van der Waals surface area contributed by atoms with E-state index in [-0.39, 0.29) is 4.90 Å². The van der Waals surface area contributed by atoms with Crippen molar-refractivity contribution in [2.24, 2.45) is 0 Å². The van der Waals surface area contributed by atoms with Gasteiger partial charge in [0.15, 0.2) is 11.6 Å². The molecular formula is C21H20N6O2S. The van der Waals surface area contributed by atoms with Gasteiger partial charge in [-0.15, -0.1) is 0 Å². The summed E-state index contributed by atoms with van der Waals surface area (Å²) < 4.78 is 30.6. The topological polar surface area (TPSA) is 106 Å².